The van der Waals surface area contributed by atoms with E-state index in [4.69, 9.17) is 0 Å². The second-order valence-corrected chi connectivity index (χ2v) is 7.94. The van der Waals surface area contributed by atoms with Crippen molar-refractivity contribution >= 4 is 33.2 Å². The van der Waals surface area contributed by atoms with Crippen molar-refractivity contribution < 1.29 is 22.8 Å². The molecule has 8 heteroatoms. The number of carbonyl (C=O) groups is 3. The number of imide groups is 1. The fraction of sp³-hybridized carbons (Fsp3) is 0.167. The zero-order valence-electron chi connectivity index (χ0n) is 14.1. The molecule has 0 aliphatic carbocycles. The molecule has 1 heterocycles. The summed E-state index contributed by atoms with van der Waals surface area (Å²) in [4.78, 5) is 38.3. The number of nitrogens with zero attached hydrogens (tertiary/aromatic N) is 1. The zero-order chi connectivity index (χ0) is 19.1. The number of hydrogen-bond acceptors (Lipinski definition) is 5. The average molecular weight is 372 g/mol. The highest BCUT2D eigenvalue weighted by Crippen LogP contribution is 2.26. The smallest absolute Gasteiger partial charge is 0.262 e. The topological polar surface area (TPSA) is 101 Å². The molecule has 1 aliphatic rings. The summed E-state index contributed by atoms with van der Waals surface area (Å²) in [6.07, 6.45) is 1.03. The molecular formula is C18H16N2O5S. The summed E-state index contributed by atoms with van der Waals surface area (Å²) in [6.45, 7) is 1.42. The summed E-state index contributed by atoms with van der Waals surface area (Å²) in [5.74, 6) is -1.76. The van der Waals surface area contributed by atoms with Gasteiger partial charge in [-0.05, 0) is 31.2 Å². The van der Waals surface area contributed by atoms with Crippen molar-refractivity contribution in [3.8, 4) is 0 Å². The molecule has 2 aromatic rings. The first kappa shape index (κ1) is 17.8. The largest absolute Gasteiger partial charge is 0.323 e. The minimum Gasteiger partial charge on any atom is -0.323 e. The first-order valence-electron chi connectivity index (χ1n) is 7.78. The molecule has 134 valence electrons. The quantitative estimate of drug-likeness (QED) is 0.824. The van der Waals surface area contributed by atoms with Gasteiger partial charge in [-0.15, -0.1) is 0 Å². The van der Waals surface area contributed by atoms with E-state index >= 15 is 0 Å². The minimum absolute atomic E-state index is 0.0390. The van der Waals surface area contributed by atoms with E-state index in [1.54, 1.807) is 24.3 Å². The van der Waals surface area contributed by atoms with Crippen LogP contribution in [0.3, 0.4) is 0 Å². The molecule has 1 unspecified atom stereocenters. The van der Waals surface area contributed by atoms with Gasteiger partial charge in [-0.25, -0.2) is 8.42 Å². The van der Waals surface area contributed by atoms with Gasteiger partial charge in [0.15, 0.2) is 9.84 Å². The van der Waals surface area contributed by atoms with Crippen LogP contribution in [0, 0.1) is 0 Å². The van der Waals surface area contributed by atoms with Crippen LogP contribution in [-0.4, -0.2) is 43.3 Å². The zero-order valence-corrected chi connectivity index (χ0v) is 14.9. The third-order valence-electron chi connectivity index (χ3n) is 4.14. The van der Waals surface area contributed by atoms with Crippen LogP contribution in [0.2, 0.25) is 0 Å². The summed E-state index contributed by atoms with van der Waals surface area (Å²) in [7, 11) is -3.55. The van der Waals surface area contributed by atoms with Crippen molar-refractivity contribution in [3.05, 3.63) is 59.7 Å². The number of fused-ring (bicyclic) bond motifs is 1. The lowest BCUT2D eigenvalue weighted by atomic mass is 10.1. The number of amides is 3. The number of nitrogens with one attached hydrogen (secondary N) is 1. The normalized spacial score (nSPS) is 14.9. The van der Waals surface area contributed by atoms with Gasteiger partial charge in [-0.3, -0.25) is 19.3 Å². The Morgan fingerprint density at radius 1 is 0.962 bits per heavy atom. The van der Waals surface area contributed by atoms with E-state index in [0.29, 0.717) is 0 Å². The second-order valence-electron chi connectivity index (χ2n) is 5.96. The molecule has 7 nitrogen and oxygen atoms in total. The van der Waals surface area contributed by atoms with Gasteiger partial charge in [-0.1, -0.05) is 24.3 Å². The van der Waals surface area contributed by atoms with Gasteiger partial charge in [0.05, 0.1) is 21.7 Å². The molecule has 1 aliphatic heterocycles. The lowest BCUT2D eigenvalue weighted by Gasteiger charge is -2.22. The number of sulfone groups is 1. The van der Waals surface area contributed by atoms with Crippen LogP contribution in [0.25, 0.3) is 0 Å². The number of hydrogen-bond donors (Lipinski definition) is 1. The molecule has 26 heavy (non-hydrogen) atoms. The van der Waals surface area contributed by atoms with Crippen LogP contribution in [0.15, 0.2) is 53.4 Å². The first-order valence-corrected chi connectivity index (χ1v) is 9.68. The standard InChI is InChI=1S/C18H16N2O5S/c1-11(20-17(22)12-7-3-4-8-13(12)18(20)23)16(21)19-14-9-5-6-10-15(14)26(2,24)25/h3-11H,1-2H3,(H,19,21). The predicted molar refractivity (Wildman–Crippen MR) is 94.6 cm³/mol. The molecule has 0 spiro atoms. The van der Waals surface area contributed by atoms with E-state index < -0.39 is 33.6 Å². The van der Waals surface area contributed by atoms with Crippen LogP contribution in [0.4, 0.5) is 5.69 Å². The van der Waals surface area contributed by atoms with Crippen molar-refractivity contribution in [2.24, 2.45) is 0 Å². The number of para-hydroxylation sites is 1. The molecule has 0 radical (unpaired) electrons. The lowest BCUT2D eigenvalue weighted by Crippen LogP contribution is -2.45. The van der Waals surface area contributed by atoms with Gasteiger partial charge in [-0.2, -0.15) is 0 Å². The van der Waals surface area contributed by atoms with Crippen LogP contribution in [0.1, 0.15) is 27.6 Å². The Labute approximate surface area is 150 Å². The molecule has 0 fully saturated rings. The third-order valence-corrected chi connectivity index (χ3v) is 5.29. The number of benzene rings is 2. The molecule has 1 atom stereocenters. The highest BCUT2D eigenvalue weighted by atomic mass is 32.2. The van der Waals surface area contributed by atoms with E-state index in [0.717, 1.165) is 11.2 Å². The fourth-order valence-electron chi connectivity index (χ4n) is 2.81. The number of anilines is 1. The van der Waals surface area contributed by atoms with Crippen molar-refractivity contribution in [1.29, 1.82) is 0 Å². The summed E-state index contributed by atoms with van der Waals surface area (Å²) >= 11 is 0. The fourth-order valence-corrected chi connectivity index (χ4v) is 3.65. The van der Waals surface area contributed by atoms with E-state index in [1.807, 2.05) is 0 Å². The highest BCUT2D eigenvalue weighted by Gasteiger charge is 2.40. The number of rotatable bonds is 4. The third kappa shape index (κ3) is 2.99. The van der Waals surface area contributed by atoms with E-state index in [9.17, 15) is 22.8 Å². The Hall–Kier alpha value is -3.00. The maximum Gasteiger partial charge on any atom is 0.262 e. The first-order chi connectivity index (χ1) is 12.2. The second kappa shape index (κ2) is 6.38. The maximum absolute atomic E-state index is 12.6. The SMILES string of the molecule is CC(C(=O)Nc1ccccc1S(C)(=O)=O)N1C(=O)c2ccccc2C1=O. The Bertz CT molecular complexity index is 994. The Kier molecular flexibility index (Phi) is 4.37. The molecule has 0 aromatic heterocycles. The van der Waals surface area contributed by atoms with Crippen molar-refractivity contribution in [2.75, 3.05) is 11.6 Å². The van der Waals surface area contributed by atoms with E-state index in [2.05, 4.69) is 5.32 Å². The summed E-state index contributed by atoms with van der Waals surface area (Å²) in [6, 6.07) is 11.2. The number of carbonyl (C=O) groups excluding carboxylic acids is 3. The van der Waals surface area contributed by atoms with Crippen molar-refractivity contribution in [2.45, 2.75) is 17.9 Å². The van der Waals surface area contributed by atoms with Gasteiger partial charge in [0, 0.05) is 6.26 Å². The molecule has 2 aromatic carbocycles. The minimum atomic E-state index is -3.55. The monoisotopic (exact) mass is 372 g/mol. The van der Waals surface area contributed by atoms with Gasteiger partial charge in [0.25, 0.3) is 11.8 Å². The maximum atomic E-state index is 12.6. The van der Waals surface area contributed by atoms with Crippen LogP contribution in [-0.2, 0) is 14.6 Å². The van der Waals surface area contributed by atoms with E-state index in [1.165, 1.54) is 31.2 Å². The van der Waals surface area contributed by atoms with Gasteiger partial charge >= 0.3 is 0 Å². The Morgan fingerprint density at radius 3 is 2.00 bits per heavy atom. The molecule has 0 saturated carbocycles. The highest BCUT2D eigenvalue weighted by molar-refractivity contribution is 7.90. The van der Waals surface area contributed by atoms with Gasteiger partial charge in [0.2, 0.25) is 5.91 Å². The summed E-state index contributed by atoms with van der Waals surface area (Å²) in [5.41, 5.74) is 0.589. The Balaban J connectivity index is 1.87. The van der Waals surface area contributed by atoms with Crippen LogP contribution < -0.4 is 5.32 Å². The van der Waals surface area contributed by atoms with Crippen molar-refractivity contribution in [1.82, 2.24) is 4.90 Å². The molecule has 3 rings (SSSR count). The molecular weight excluding hydrogens is 356 g/mol. The molecule has 0 saturated heterocycles. The van der Waals surface area contributed by atoms with Crippen LogP contribution in [0.5, 0.6) is 0 Å². The van der Waals surface area contributed by atoms with Crippen molar-refractivity contribution in [3.63, 3.8) is 0 Å². The molecule has 3 amide bonds. The Morgan fingerprint density at radius 2 is 1.46 bits per heavy atom. The summed E-state index contributed by atoms with van der Waals surface area (Å²) in [5, 5.41) is 2.50. The summed E-state index contributed by atoms with van der Waals surface area (Å²) < 4.78 is 23.7. The lowest BCUT2D eigenvalue weighted by molar-refractivity contribution is -0.119. The van der Waals surface area contributed by atoms with Crippen LogP contribution >= 0.6 is 0 Å². The predicted octanol–water partition coefficient (Wildman–Crippen LogP) is 1.71. The van der Waals surface area contributed by atoms with Gasteiger partial charge < -0.3 is 5.32 Å². The van der Waals surface area contributed by atoms with Gasteiger partial charge in [0.1, 0.15) is 6.04 Å². The average Bonchev–Trinajstić information content (AvgIpc) is 2.85. The molecule has 0 bridgehead atoms. The van der Waals surface area contributed by atoms with E-state index in [-0.39, 0.29) is 21.7 Å². The molecule has 1 N–H and O–H groups in total.